The average Bonchev–Trinajstić information content (AvgIpc) is 2.43. The lowest BCUT2D eigenvalue weighted by molar-refractivity contribution is -0.131. The van der Waals surface area contributed by atoms with Crippen molar-refractivity contribution in [2.45, 2.75) is 0 Å². The summed E-state index contributed by atoms with van der Waals surface area (Å²) in [6.45, 7) is 0. The maximum Gasteiger partial charge on any atom is 0.328 e. The number of hydrogen-bond acceptors (Lipinski definition) is 2. The number of carboxylic acid groups (broad SMARTS) is 1. The molecule has 108 valence electrons. The third-order valence-corrected chi connectivity index (χ3v) is 2.54. The van der Waals surface area contributed by atoms with Gasteiger partial charge in [0.15, 0.2) is 11.6 Å². The Labute approximate surface area is 117 Å². The van der Waals surface area contributed by atoms with Crippen LogP contribution >= 0.6 is 0 Å². The first-order chi connectivity index (χ1) is 9.99. The SMILES string of the molecule is O=C(O)/C=C/c1c(F)cccc1Oc1cccc(F)c1F. The van der Waals surface area contributed by atoms with Crippen molar-refractivity contribution in [2.75, 3.05) is 0 Å². The van der Waals surface area contributed by atoms with Gasteiger partial charge in [-0.05, 0) is 30.3 Å². The van der Waals surface area contributed by atoms with E-state index in [4.69, 9.17) is 9.84 Å². The van der Waals surface area contributed by atoms with E-state index in [0.29, 0.717) is 6.08 Å². The predicted molar refractivity (Wildman–Crippen MR) is 69.5 cm³/mol. The van der Waals surface area contributed by atoms with Gasteiger partial charge in [-0.3, -0.25) is 0 Å². The van der Waals surface area contributed by atoms with Crippen molar-refractivity contribution in [1.82, 2.24) is 0 Å². The molecule has 0 radical (unpaired) electrons. The molecule has 0 spiro atoms. The van der Waals surface area contributed by atoms with E-state index in [1.807, 2.05) is 0 Å². The zero-order valence-corrected chi connectivity index (χ0v) is 10.5. The molecule has 0 aliphatic heterocycles. The van der Waals surface area contributed by atoms with Crippen LogP contribution < -0.4 is 4.74 Å². The Morgan fingerprint density at radius 1 is 1.00 bits per heavy atom. The molecule has 2 aromatic rings. The molecule has 0 saturated heterocycles. The molecular weight excluding hydrogens is 285 g/mol. The van der Waals surface area contributed by atoms with Gasteiger partial charge >= 0.3 is 5.97 Å². The van der Waals surface area contributed by atoms with E-state index < -0.39 is 29.2 Å². The summed E-state index contributed by atoms with van der Waals surface area (Å²) in [5, 5.41) is 8.57. The van der Waals surface area contributed by atoms with Gasteiger partial charge in [-0.1, -0.05) is 12.1 Å². The molecule has 3 nitrogen and oxygen atoms in total. The van der Waals surface area contributed by atoms with Crippen LogP contribution in [-0.4, -0.2) is 11.1 Å². The molecule has 6 heteroatoms. The van der Waals surface area contributed by atoms with Gasteiger partial charge < -0.3 is 9.84 Å². The van der Waals surface area contributed by atoms with Crippen molar-refractivity contribution < 1.29 is 27.8 Å². The molecule has 21 heavy (non-hydrogen) atoms. The summed E-state index contributed by atoms with van der Waals surface area (Å²) in [5.74, 6) is -4.90. The highest BCUT2D eigenvalue weighted by atomic mass is 19.2. The summed E-state index contributed by atoms with van der Waals surface area (Å²) in [6.07, 6.45) is 1.69. The Morgan fingerprint density at radius 3 is 2.29 bits per heavy atom. The predicted octanol–water partition coefficient (Wildman–Crippen LogP) is 3.99. The number of rotatable bonds is 4. The highest BCUT2D eigenvalue weighted by molar-refractivity contribution is 5.86. The monoisotopic (exact) mass is 294 g/mol. The minimum Gasteiger partial charge on any atom is -0.478 e. The van der Waals surface area contributed by atoms with E-state index in [-0.39, 0.29) is 11.3 Å². The largest absolute Gasteiger partial charge is 0.478 e. The third-order valence-electron chi connectivity index (χ3n) is 2.54. The van der Waals surface area contributed by atoms with E-state index in [1.54, 1.807) is 0 Å². The van der Waals surface area contributed by atoms with Crippen LogP contribution in [0.25, 0.3) is 6.08 Å². The topological polar surface area (TPSA) is 46.5 Å². The maximum atomic E-state index is 13.7. The first kappa shape index (κ1) is 14.6. The number of hydrogen-bond donors (Lipinski definition) is 1. The van der Waals surface area contributed by atoms with Crippen LogP contribution in [0.3, 0.4) is 0 Å². The second-order valence-corrected chi connectivity index (χ2v) is 3.98. The van der Waals surface area contributed by atoms with Crippen LogP contribution in [0.15, 0.2) is 42.5 Å². The van der Waals surface area contributed by atoms with Crippen LogP contribution in [0, 0.1) is 17.5 Å². The second kappa shape index (κ2) is 6.13. The summed E-state index contributed by atoms with van der Waals surface area (Å²) in [4.78, 5) is 10.5. The minimum atomic E-state index is -1.28. The summed E-state index contributed by atoms with van der Waals surface area (Å²) in [6, 6.07) is 7.04. The molecule has 2 rings (SSSR count). The highest BCUT2D eigenvalue weighted by Gasteiger charge is 2.13. The fourth-order valence-electron chi connectivity index (χ4n) is 1.60. The Kier molecular flexibility index (Phi) is 4.27. The van der Waals surface area contributed by atoms with Crippen molar-refractivity contribution in [3.8, 4) is 11.5 Å². The Morgan fingerprint density at radius 2 is 1.62 bits per heavy atom. The number of aliphatic carboxylic acids is 1. The molecule has 0 aromatic heterocycles. The minimum absolute atomic E-state index is 0.128. The Hall–Kier alpha value is -2.76. The maximum absolute atomic E-state index is 13.7. The lowest BCUT2D eigenvalue weighted by atomic mass is 10.1. The molecular formula is C15H9F3O3. The Balaban J connectivity index is 2.42. The standard InChI is InChI=1S/C15H9F3O3/c16-10-3-1-5-12(9(10)7-8-14(19)20)21-13-6-2-4-11(17)15(13)18/h1-8H,(H,19,20)/b8-7+. The average molecular weight is 294 g/mol. The summed E-state index contributed by atoms with van der Waals surface area (Å²) in [5.41, 5.74) is -0.177. The van der Waals surface area contributed by atoms with Crippen LogP contribution in [0.5, 0.6) is 11.5 Å². The van der Waals surface area contributed by atoms with Gasteiger partial charge in [0.25, 0.3) is 0 Å². The summed E-state index contributed by atoms with van der Waals surface area (Å²) < 4.78 is 45.4. The molecule has 0 fully saturated rings. The van der Waals surface area contributed by atoms with Gasteiger partial charge in [-0.15, -0.1) is 0 Å². The smallest absolute Gasteiger partial charge is 0.328 e. The fraction of sp³-hybridized carbons (Fsp3) is 0. The van der Waals surface area contributed by atoms with Crippen LogP contribution in [-0.2, 0) is 4.79 Å². The van der Waals surface area contributed by atoms with E-state index in [1.165, 1.54) is 24.3 Å². The molecule has 0 atom stereocenters. The highest BCUT2D eigenvalue weighted by Crippen LogP contribution is 2.30. The van der Waals surface area contributed by atoms with Crippen LogP contribution in [0.1, 0.15) is 5.56 Å². The van der Waals surface area contributed by atoms with E-state index >= 15 is 0 Å². The van der Waals surface area contributed by atoms with Crippen molar-refractivity contribution in [3.63, 3.8) is 0 Å². The Bertz CT molecular complexity index is 711. The van der Waals surface area contributed by atoms with Gasteiger partial charge in [0.2, 0.25) is 5.82 Å². The zero-order valence-electron chi connectivity index (χ0n) is 10.5. The molecule has 0 heterocycles. The van der Waals surface area contributed by atoms with E-state index in [0.717, 1.165) is 18.2 Å². The fourth-order valence-corrected chi connectivity index (χ4v) is 1.60. The quantitative estimate of drug-likeness (QED) is 0.867. The number of ether oxygens (including phenoxy) is 1. The molecule has 0 unspecified atom stereocenters. The lowest BCUT2D eigenvalue weighted by Crippen LogP contribution is -1.95. The first-order valence-corrected chi connectivity index (χ1v) is 5.80. The van der Waals surface area contributed by atoms with Crippen LogP contribution in [0.2, 0.25) is 0 Å². The molecule has 0 aliphatic carbocycles. The van der Waals surface area contributed by atoms with Gasteiger partial charge in [0.1, 0.15) is 11.6 Å². The molecule has 0 amide bonds. The van der Waals surface area contributed by atoms with Crippen molar-refractivity contribution in [2.24, 2.45) is 0 Å². The van der Waals surface area contributed by atoms with Crippen molar-refractivity contribution >= 4 is 12.0 Å². The van der Waals surface area contributed by atoms with Gasteiger partial charge in [-0.2, -0.15) is 4.39 Å². The van der Waals surface area contributed by atoms with E-state index in [9.17, 15) is 18.0 Å². The molecule has 0 aliphatic rings. The number of benzene rings is 2. The molecule has 0 bridgehead atoms. The van der Waals surface area contributed by atoms with Gasteiger partial charge in [0, 0.05) is 6.08 Å². The third kappa shape index (κ3) is 3.42. The molecule has 0 saturated carbocycles. The number of carboxylic acids is 1. The zero-order chi connectivity index (χ0) is 15.4. The van der Waals surface area contributed by atoms with Gasteiger partial charge in [-0.25, -0.2) is 13.6 Å². The van der Waals surface area contributed by atoms with Crippen molar-refractivity contribution in [3.05, 3.63) is 65.5 Å². The van der Waals surface area contributed by atoms with Gasteiger partial charge in [0.05, 0.1) is 5.56 Å². The second-order valence-electron chi connectivity index (χ2n) is 3.98. The van der Waals surface area contributed by atoms with E-state index in [2.05, 4.69) is 0 Å². The first-order valence-electron chi connectivity index (χ1n) is 5.80. The van der Waals surface area contributed by atoms with Crippen LogP contribution in [0.4, 0.5) is 13.2 Å². The summed E-state index contributed by atoms with van der Waals surface area (Å²) >= 11 is 0. The number of carbonyl (C=O) groups is 1. The lowest BCUT2D eigenvalue weighted by Gasteiger charge is -2.10. The summed E-state index contributed by atoms with van der Waals surface area (Å²) in [7, 11) is 0. The number of halogens is 3. The normalized spacial score (nSPS) is 10.8. The van der Waals surface area contributed by atoms with Crippen molar-refractivity contribution in [1.29, 1.82) is 0 Å². The molecule has 1 N–H and O–H groups in total. The molecule has 2 aromatic carbocycles.